The lowest BCUT2D eigenvalue weighted by Gasteiger charge is -2.09. The van der Waals surface area contributed by atoms with Crippen LogP contribution in [0, 0.1) is 6.92 Å². The molecular formula is C17H20N2O3S. The molecule has 0 bridgehead atoms. The van der Waals surface area contributed by atoms with Crippen LogP contribution >= 0.6 is 11.3 Å². The summed E-state index contributed by atoms with van der Waals surface area (Å²) in [6.45, 7) is 4.89. The number of amides is 1. The molecule has 0 saturated heterocycles. The Balaban J connectivity index is 1.95. The second kappa shape index (κ2) is 8.33. The van der Waals surface area contributed by atoms with Gasteiger partial charge >= 0.3 is 0 Å². The molecule has 0 fully saturated rings. The summed E-state index contributed by atoms with van der Waals surface area (Å²) in [5.74, 6) is 1.19. The van der Waals surface area contributed by atoms with Crippen LogP contribution in [0.1, 0.15) is 22.4 Å². The highest BCUT2D eigenvalue weighted by Crippen LogP contribution is 2.28. The van der Waals surface area contributed by atoms with Crippen molar-refractivity contribution in [1.29, 1.82) is 0 Å². The van der Waals surface area contributed by atoms with Gasteiger partial charge < -0.3 is 14.8 Å². The van der Waals surface area contributed by atoms with Crippen molar-refractivity contribution in [3.8, 4) is 11.5 Å². The molecule has 2 aromatic rings. The third kappa shape index (κ3) is 5.10. The number of methoxy groups -OCH3 is 1. The van der Waals surface area contributed by atoms with E-state index >= 15 is 0 Å². The van der Waals surface area contributed by atoms with Gasteiger partial charge in [-0.15, -0.1) is 11.3 Å². The highest BCUT2D eigenvalue weighted by atomic mass is 32.1. The molecule has 0 saturated carbocycles. The Bertz CT molecular complexity index is 695. The number of rotatable bonds is 7. The van der Waals surface area contributed by atoms with E-state index < -0.39 is 0 Å². The maximum atomic E-state index is 11.9. The third-order valence-corrected chi connectivity index (χ3v) is 3.93. The van der Waals surface area contributed by atoms with Crippen molar-refractivity contribution in [1.82, 2.24) is 10.3 Å². The fourth-order valence-electron chi connectivity index (χ4n) is 1.96. The quantitative estimate of drug-likeness (QED) is 0.791. The van der Waals surface area contributed by atoms with Crippen molar-refractivity contribution in [3.63, 3.8) is 0 Å². The van der Waals surface area contributed by atoms with E-state index in [4.69, 9.17) is 9.47 Å². The minimum Gasteiger partial charge on any atom is -0.493 e. The van der Waals surface area contributed by atoms with Crippen LogP contribution in [0.5, 0.6) is 11.5 Å². The van der Waals surface area contributed by atoms with Crippen LogP contribution in [0.25, 0.3) is 6.08 Å². The number of carbonyl (C=O) groups is 1. The van der Waals surface area contributed by atoms with Gasteiger partial charge in [-0.05, 0) is 37.6 Å². The topological polar surface area (TPSA) is 60.5 Å². The first kappa shape index (κ1) is 17.0. The van der Waals surface area contributed by atoms with E-state index in [1.54, 1.807) is 30.7 Å². The lowest BCUT2D eigenvalue weighted by molar-refractivity contribution is -0.116. The van der Waals surface area contributed by atoms with Gasteiger partial charge in [0, 0.05) is 17.2 Å². The number of hydrogen-bond acceptors (Lipinski definition) is 5. The lowest BCUT2D eigenvalue weighted by Crippen LogP contribution is -2.19. The van der Waals surface area contributed by atoms with Gasteiger partial charge in [-0.25, -0.2) is 4.98 Å². The Morgan fingerprint density at radius 1 is 1.39 bits per heavy atom. The van der Waals surface area contributed by atoms with E-state index in [1.807, 2.05) is 32.0 Å². The molecular weight excluding hydrogens is 312 g/mol. The van der Waals surface area contributed by atoms with Crippen LogP contribution in [0.15, 0.2) is 30.5 Å². The summed E-state index contributed by atoms with van der Waals surface area (Å²) in [7, 11) is 1.60. The normalized spacial score (nSPS) is 10.7. The zero-order valence-corrected chi connectivity index (χ0v) is 14.3. The fraction of sp³-hybridized carbons (Fsp3) is 0.294. The first-order valence-electron chi connectivity index (χ1n) is 7.30. The van der Waals surface area contributed by atoms with Crippen LogP contribution in [-0.2, 0) is 11.3 Å². The second-order valence-corrected chi connectivity index (χ2v) is 6.06. The smallest absolute Gasteiger partial charge is 0.244 e. The Morgan fingerprint density at radius 2 is 2.22 bits per heavy atom. The molecule has 0 unspecified atom stereocenters. The number of nitrogens with zero attached hydrogens (tertiary/aromatic N) is 1. The largest absolute Gasteiger partial charge is 0.493 e. The number of ether oxygens (including phenoxy) is 2. The molecule has 1 heterocycles. The van der Waals surface area contributed by atoms with Gasteiger partial charge in [0.2, 0.25) is 5.91 Å². The molecule has 0 spiro atoms. The number of aryl methyl sites for hydroxylation is 1. The SMILES string of the molecule is CCOc1cc(C=CC(=O)NCc2cnc(C)s2)ccc1OC. The van der Waals surface area contributed by atoms with Gasteiger partial charge in [0.25, 0.3) is 0 Å². The van der Waals surface area contributed by atoms with E-state index in [9.17, 15) is 4.79 Å². The van der Waals surface area contributed by atoms with Gasteiger partial charge in [-0.3, -0.25) is 4.79 Å². The summed E-state index contributed by atoms with van der Waals surface area (Å²) in [6.07, 6.45) is 5.03. The molecule has 1 amide bonds. The van der Waals surface area contributed by atoms with E-state index in [2.05, 4.69) is 10.3 Å². The monoisotopic (exact) mass is 332 g/mol. The maximum Gasteiger partial charge on any atom is 0.244 e. The average Bonchev–Trinajstić information content (AvgIpc) is 2.97. The standard InChI is InChI=1S/C17H20N2O3S/c1-4-22-16-9-13(5-7-15(16)21-3)6-8-17(20)19-11-14-10-18-12(2)23-14/h5-10H,4,11H2,1-3H3,(H,19,20). The number of carbonyl (C=O) groups excluding carboxylic acids is 1. The van der Waals surface area contributed by atoms with Crippen molar-refractivity contribution >= 4 is 23.3 Å². The Hall–Kier alpha value is -2.34. The highest BCUT2D eigenvalue weighted by Gasteiger charge is 2.04. The predicted octanol–water partition coefficient (Wildman–Crippen LogP) is 3.19. The second-order valence-electron chi connectivity index (χ2n) is 4.74. The summed E-state index contributed by atoms with van der Waals surface area (Å²) >= 11 is 1.58. The van der Waals surface area contributed by atoms with Crippen LogP contribution in [-0.4, -0.2) is 24.6 Å². The minimum absolute atomic E-state index is 0.148. The Kier molecular flexibility index (Phi) is 6.17. The molecule has 0 aliphatic carbocycles. The summed E-state index contributed by atoms with van der Waals surface area (Å²) in [4.78, 5) is 17.1. The molecule has 23 heavy (non-hydrogen) atoms. The number of hydrogen-bond donors (Lipinski definition) is 1. The number of benzene rings is 1. The summed E-state index contributed by atoms with van der Waals surface area (Å²) < 4.78 is 10.8. The molecule has 0 radical (unpaired) electrons. The molecule has 2 rings (SSSR count). The van der Waals surface area contributed by atoms with Gasteiger partial charge in [0.1, 0.15) is 0 Å². The zero-order valence-electron chi connectivity index (χ0n) is 13.5. The van der Waals surface area contributed by atoms with E-state index in [0.29, 0.717) is 24.7 Å². The van der Waals surface area contributed by atoms with Crippen LogP contribution in [0.3, 0.4) is 0 Å². The third-order valence-electron chi connectivity index (χ3n) is 3.02. The van der Waals surface area contributed by atoms with Crippen molar-refractivity contribution < 1.29 is 14.3 Å². The molecule has 0 atom stereocenters. The molecule has 1 aromatic carbocycles. The van der Waals surface area contributed by atoms with Gasteiger partial charge in [0.05, 0.1) is 25.3 Å². The number of aromatic nitrogens is 1. The first-order valence-corrected chi connectivity index (χ1v) is 8.12. The van der Waals surface area contributed by atoms with Crippen LogP contribution in [0.2, 0.25) is 0 Å². The van der Waals surface area contributed by atoms with E-state index in [0.717, 1.165) is 15.4 Å². The van der Waals surface area contributed by atoms with Gasteiger partial charge in [-0.2, -0.15) is 0 Å². The van der Waals surface area contributed by atoms with Gasteiger partial charge in [-0.1, -0.05) is 6.07 Å². The maximum absolute atomic E-state index is 11.9. The van der Waals surface area contributed by atoms with Crippen LogP contribution < -0.4 is 14.8 Å². The first-order chi connectivity index (χ1) is 11.1. The summed E-state index contributed by atoms with van der Waals surface area (Å²) in [6, 6.07) is 5.54. The zero-order chi connectivity index (χ0) is 16.7. The lowest BCUT2D eigenvalue weighted by atomic mass is 10.2. The van der Waals surface area contributed by atoms with Crippen molar-refractivity contribution in [2.24, 2.45) is 0 Å². The van der Waals surface area contributed by atoms with Crippen molar-refractivity contribution in [2.75, 3.05) is 13.7 Å². The summed E-state index contributed by atoms with van der Waals surface area (Å²) in [5, 5.41) is 3.83. The average molecular weight is 332 g/mol. The number of thiazole rings is 1. The minimum atomic E-state index is -0.148. The van der Waals surface area contributed by atoms with E-state index in [-0.39, 0.29) is 5.91 Å². The highest BCUT2D eigenvalue weighted by molar-refractivity contribution is 7.11. The summed E-state index contributed by atoms with van der Waals surface area (Å²) in [5.41, 5.74) is 0.873. The van der Waals surface area contributed by atoms with Crippen molar-refractivity contribution in [2.45, 2.75) is 20.4 Å². The molecule has 1 N–H and O–H groups in total. The van der Waals surface area contributed by atoms with E-state index in [1.165, 1.54) is 6.08 Å². The molecule has 5 nitrogen and oxygen atoms in total. The molecule has 0 aliphatic heterocycles. The van der Waals surface area contributed by atoms with Gasteiger partial charge in [0.15, 0.2) is 11.5 Å². The number of nitrogens with one attached hydrogen (secondary N) is 1. The fourth-order valence-corrected chi connectivity index (χ4v) is 2.69. The molecule has 1 aromatic heterocycles. The molecule has 0 aliphatic rings. The van der Waals surface area contributed by atoms with Crippen molar-refractivity contribution in [3.05, 3.63) is 45.9 Å². The molecule has 122 valence electrons. The molecule has 6 heteroatoms. The van der Waals surface area contributed by atoms with Crippen LogP contribution in [0.4, 0.5) is 0 Å². The Morgan fingerprint density at radius 3 is 2.87 bits per heavy atom. The Labute approximate surface area is 140 Å². The predicted molar refractivity (Wildman–Crippen MR) is 91.9 cm³/mol.